The normalized spacial score (nSPS) is 10.4. The van der Waals surface area contributed by atoms with E-state index in [0.29, 0.717) is 33.1 Å². The van der Waals surface area contributed by atoms with Gasteiger partial charge in [0.05, 0.1) is 19.8 Å². The number of hydrogen-bond acceptors (Lipinski definition) is 6. The number of nitrogens with zero attached hydrogens (tertiary/aromatic N) is 1. The Bertz CT molecular complexity index is 882. The minimum absolute atomic E-state index is 0.00411. The van der Waals surface area contributed by atoms with E-state index in [4.69, 9.17) is 18.6 Å². The largest absolute Gasteiger partial charge is 0.495 e. The summed E-state index contributed by atoms with van der Waals surface area (Å²) in [6.07, 6.45) is 1.47. The summed E-state index contributed by atoms with van der Waals surface area (Å²) < 4.78 is 21.8. The summed E-state index contributed by atoms with van der Waals surface area (Å²) in [6.45, 7) is -0.00411. The molecule has 0 aliphatic rings. The summed E-state index contributed by atoms with van der Waals surface area (Å²) >= 11 is 3.36. The second kappa shape index (κ2) is 8.05. The Balaban J connectivity index is 1.71. The van der Waals surface area contributed by atoms with Gasteiger partial charge in [-0.15, -0.1) is 0 Å². The molecule has 0 unspecified atom stereocenters. The minimum Gasteiger partial charge on any atom is -0.495 e. The lowest BCUT2D eigenvalue weighted by Crippen LogP contribution is -2.06. The molecule has 0 N–H and O–H groups in total. The molecule has 0 saturated carbocycles. The number of benzene rings is 2. The zero-order chi connectivity index (χ0) is 18.5. The molecule has 6 nitrogen and oxygen atoms in total. The molecule has 3 aromatic rings. The van der Waals surface area contributed by atoms with Gasteiger partial charge in [-0.25, -0.2) is 9.78 Å². The molecule has 0 atom stereocenters. The molecule has 3 rings (SSSR count). The number of hydrogen-bond donors (Lipinski definition) is 0. The van der Waals surface area contributed by atoms with Crippen LogP contribution in [0.25, 0.3) is 11.5 Å². The molecule has 2 aromatic carbocycles. The van der Waals surface area contributed by atoms with Gasteiger partial charge in [-0.1, -0.05) is 18.2 Å². The third kappa shape index (κ3) is 3.88. The maximum atomic E-state index is 12.3. The Morgan fingerprint density at radius 3 is 2.38 bits per heavy atom. The minimum atomic E-state index is -0.515. The van der Waals surface area contributed by atoms with Gasteiger partial charge in [-0.2, -0.15) is 0 Å². The lowest BCUT2D eigenvalue weighted by atomic mass is 10.2. The van der Waals surface area contributed by atoms with Gasteiger partial charge < -0.3 is 18.6 Å². The summed E-state index contributed by atoms with van der Waals surface area (Å²) in [5.41, 5.74) is 1.69. The monoisotopic (exact) mass is 417 g/mol. The Morgan fingerprint density at radius 2 is 1.77 bits per heavy atom. The van der Waals surface area contributed by atoms with Crippen molar-refractivity contribution in [1.29, 1.82) is 0 Å². The average molecular weight is 418 g/mol. The van der Waals surface area contributed by atoms with Crippen LogP contribution in [0.4, 0.5) is 0 Å². The number of ether oxygens (including phenoxy) is 3. The van der Waals surface area contributed by atoms with Gasteiger partial charge in [0.2, 0.25) is 5.89 Å². The highest BCUT2D eigenvalue weighted by atomic mass is 79.9. The number of halogens is 1. The van der Waals surface area contributed by atoms with Gasteiger partial charge in [0.15, 0.2) is 0 Å². The predicted molar refractivity (Wildman–Crippen MR) is 98.3 cm³/mol. The van der Waals surface area contributed by atoms with E-state index in [0.717, 1.165) is 5.56 Å². The number of esters is 1. The van der Waals surface area contributed by atoms with Gasteiger partial charge in [-0.3, -0.25) is 0 Å². The highest BCUT2D eigenvalue weighted by Gasteiger charge is 2.16. The predicted octanol–water partition coefficient (Wildman–Crippen LogP) is 4.48. The lowest BCUT2D eigenvalue weighted by Gasteiger charge is -2.11. The first-order valence-corrected chi connectivity index (χ1v) is 8.50. The molecular formula is C19H16BrNO5. The van der Waals surface area contributed by atoms with Crippen LogP contribution in [0.1, 0.15) is 16.1 Å². The Labute approximate surface area is 158 Å². The number of aromatic nitrogens is 1. The zero-order valence-corrected chi connectivity index (χ0v) is 15.8. The van der Waals surface area contributed by atoms with Gasteiger partial charge in [0, 0.05) is 5.56 Å². The number of oxazole rings is 1. The van der Waals surface area contributed by atoms with E-state index in [2.05, 4.69) is 20.9 Å². The first-order chi connectivity index (χ1) is 12.6. The van der Waals surface area contributed by atoms with E-state index in [1.54, 1.807) is 12.1 Å². The second-order valence-electron chi connectivity index (χ2n) is 5.28. The van der Waals surface area contributed by atoms with Crippen LogP contribution in [0.3, 0.4) is 0 Å². The van der Waals surface area contributed by atoms with Crippen LogP contribution in [0.5, 0.6) is 11.5 Å². The van der Waals surface area contributed by atoms with E-state index in [1.807, 2.05) is 30.3 Å². The maximum absolute atomic E-state index is 12.3. The Kier molecular flexibility index (Phi) is 5.58. The molecule has 0 saturated heterocycles. The van der Waals surface area contributed by atoms with E-state index in [-0.39, 0.29) is 6.61 Å². The zero-order valence-electron chi connectivity index (χ0n) is 14.2. The molecule has 0 fully saturated rings. The van der Waals surface area contributed by atoms with Crippen molar-refractivity contribution in [2.75, 3.05) is 14.2 Å². The first kappa shape index (κ1) is 18.0. The van der Waals surface area contributed by atoms with Crippen molar-refractivity contribution in [2.24, 2.45) is 0 Å². The topological polar surface area (TPSA) is 70.8 Å². The SMILES string of the molecule is COc1cc(C(=O)OCc2coc(-c3ccccc3)n2)cc(OC)c1Br. The fourth-order valence-corrected chi connectivity index (χ4v) is 2.85. The lowest BCUT2D eigenvalue weighted by molar-refractivity contribution is 0.0467. The summed E-state index contributed by atoms with van der Waals surface area (Å²) in [5.74, 6) is 0.912. The third-order valence-electron chi connectivity index (χ3n) is 3.61. The second-order valence-corrected chi connectivity index (χ2v) is 6.07. The third-order valence-corrected chi connectivity index (χ3v) is 4.39. The van der Waals surface area contributed by atoms with Crippen molar-refractivity contribution >= 4 is 21.9 Å². The molecule has 7 heteroatoms. The quantitative estimate of drug-likeness (QED) is 0.550. The molecule has 0 bridgehead atoms. The summed E-state index contributed by atoms with van der Waals surface area (Å²) in [7, 11) is 3.02. The van der Waals surface area contributed by atoms with Crippen LogP contribution in [0.15, 0.2) is 57.6 Å². The molecule has 0 amide bonds. The Hall–Kier alpha value is -2.80. The standard InChI is InChI=1S/C19H16BrNO5/c1-23-15-8-13(9-16(24-2)17(15)20)19(22)26-11-14-10-25-18(21-14)12-6-4-3-5-7-12/h3-10H,11H2,1-2H3. The average Bonchev–Trinajstić information content (AvgIpc) is 3.16. The molecule has 134 valence electrons. The smallest absolute Gasteiger partial charge is 0.338 e. The molecule has 0 aliphatic heterocycles. The molecular weight excluding hydrogens is 402 g/mol. The van der Waals surface area contributed by atoms with Crippen molar-refractivity contribution < 1.29 is 23.4 Å². The van der Waals surface area contributed by atoms with Crippen molar-refractivity contribution in [1.82, 2.24) is 4.98 Å². The molecule has 1 heterocycles. The molecule has 0 spiro atoms. The summed E-state index contributed by atoms with van der Waals surface area (Å²) in [4.78, 5) is 16.7. The summed E-state index contributed by atoms with van der Waals surface area (Å²) in [6, 6.07) is 12.6. The Morgan fingerprint density at radius 1 is 1.12 bits per heavy atom. The first-order valence-electron chi connectivity index (χ1n) is 7.71. The highest BCUT2D eigenvalue weighted by Crippen LogP contribution is 2.35. The summed E-state index contributed by atoms with van der Waals surface area (Å²) in [5, 5.41) is 0. The number of methoxy groups -OCH3 is 2. The van der Waals surface area contributed by atoms with E-state index >= 15 is 0 Å². The van der Waals surface area contributed by atoms with E-state index in [1.165, 1.54) is 20.5 Å². The highest BCUT2D eigenvalue weighted by molar-refractivity contribution is 9.10. The van der Waals surface area contributed by atoms with Crippen LogP contribution < -0.4 is 9.47 Å². The van der Waals surface area contributed by atoms with E-state index < -0.39 is 5.97 Å². The number of rotatable bonds is 6. The number of carbonyl (C=O) groups excluding carboxylic acids is 1. The van der Waals surface area contributed by atoms with Crippen LogP contribution in [0.2, 0.25) is 0 Å². The van der Waals surface area contributed by atoms with Gasteiger partial charge in [-0.05, 0) is 40.2 Å². The molecule has 0 radical (unpaired) electrons. The van der Waals surface area contributed by atoms with Crippen molar-refractivity contribution in [3.63, 3.8) is 0 Å². The van der Waals surface area contributed by atoms with E-state index in [9.17, 15) is 4.79 Å². The van der Waals surface area contributed by atoms with Gasteiger partial charge in [0.1, 0.15) is 34.5 Å². The fourth-order valence-electron chi connectivity index (χ4n) is 2.30. The van der Waals surface area contributed by atoms with Crippen LogP contribution in [-0.4, -0.2) is 25.2 Å². The maximum Gasteiger partial charge on any atom is 0.338 e. The number of carbonyl (C=O) groups is 1. The van der Waals surface area contributed by atoms with Crippen molar-refractivity contribution in [3.05, 3.63) is 64.5 Å². The van der Waals surface area contributed by atoms with Crippen LogP contribution in [-0.2, 0) is 11.3 Å². The molecule has 0 aliphatic carbocycles. The van der Waals surface area contributed by atoms with Crippen LogP contribution >= 0.6 is 15.9 Å². The van der Waals surface area contributed by atoms with Gasteiger partial charge >= 0.3 is 5.97 Å². The fraction of sp³-hybridized carbons (Fsp3) is 0.158. The molecule has 26 heavy (non-hydrogen) atoms. The van der Waals surface area contributed by atoms with Crippen molar-refractivity contribution in [2.45, 2.75) is 6.61 Å². The van der Waals surface area contributed by atoms with Gasteiger partial charge in [0.25, 0.3) is 0 Å². The van der Waals surface area contributed by atoms with Crippen molar-refractivity contribution in [3.8, 4) is 23.0 Å². The van der Waals surface area contributed by atoms with Crippen LogP contribution in [0, 0.1) is 0 Å². The molecule has 1 aromatic heterocycles.